The van der Waals surface area contributed by atoms with Crippen molar-refractivity contribution in [1.82, 2.24) is 24.8 Å². The van der Waals surface area contributed by atoms with Gasteiger partial charge < -0.3 is 10.1 Å². The van der Waals surface area contributed by atoms with Crippen LogP contribution in [-0.2, 0) is 11.2 Å². The van der Waals surface area contributed by atoms with Crippen molar-refractivity contribution in [1.29, 1.82) is 0 Å². The number of rotatable bonds is 6. The van der Waals surface area contributed by atoms with Gasteiger partial charge in [0.2, 0.25) is 5.91 Å². The molecule has 0 unspecified atom stereocenters. The van der Waals surface area contributed by atoms with Gasteiger partial charge in [0.25, 0.3) is 0 Å². The van der Waals surface area contributed by atoms with Crippen LogP contribution in [0.25, 0.3) is 27.6 Å². The maximum absolute atomic E-state index is 14.2. The highest BCUT2D eigenvalue weighted by molar-refractivity contribution is 6.31. The predicted octanol–water partition coefficient (Wildman–Crippen LogP) is 7.29. The molecule has 2 aliphatic rings. The first-order chi connectivity index (χ1) is 20.4. The maximum atomic E-state index is 14.2. The van der Waals surface area contributed by atoms with Crippen LogP contribution in [-0.4, -0.2) is 50.6 Å². The summed E-state index contributed by atoms with van der Waals surface area (Å²) in [7, 11) is 1.64. The average molecular weight is 588 g/mol. The molecule has 0 aliphatic heterocycles. The monoisotopic (exact) mass is 587 g/mol. The lowest BCUT2D eigenvalue weighted by atomic mass is 9.93. The van der Waals surface area contributed by atoms with Crippen LogP contribution in [0.4, 0.5) is 4.79 Å². The number of nitrogens with one attached hydrogen (secondary N) is 1. The Balaban J connectivity index is 1.41. The summed E-state index contributed by atoms with van der Waals surface area (Å²) >= 11 is 6.26. The van der Waals surface area contributed by atoms with Crippen molar-refractivity contribution in [3.63, 3.8) is 0 Å². The molecule has 0 atom stereocenters. The van der Waals surface area contributed by atoms with Crippen molar-refractivity contribution in [2.45, 2.75) is 89.6 Å². The Morgan fingerprint density at radius 2 is 1.71 bits per heavy atom. The van der Waals surface area contributed by atoms with Crippen LogP contribution in [0.2, 0.25) is 5.02 Å². The summed E-state index contributed by atoms with van der Waals surface area (Å²) in [4.78, 5) is 38.6. The quantitative estimate of drug-likeness (QED) is 0.256. The Morgan fingerprint density at radius 3 is 2.45 bits per heavy atom. The molecule has 0 bridgehead atoms. The molecule has 2 fully saturated rings. The van der Waals surface area contributed by atoms with Gasteiger partial charge in [0.1, 0.15) is 17.9 Å². The van der Waals surface area contributed by atoms with Gasteiger partial charge in [-0.25, -0.2) is 14.8 Å². The van der Waals surface area contributed by atoms with E-state index in [1.54, 1.807) is 12.0 Å². The highest BCUT2D eigenvalue weighted by Gasteiger charge is 2.33. The van der Waals surface area contributed by atoms with E-state index in [9.17, 15) is 9.59 Å². The zero-order valence-corrected chi connectivity index (χ0v) is 25.1. The summed E-state index contributed by atoms with van der Waals surface area (Å²) < 4.78 is 7.65. The van der Waals surface area contributed by atoms with Crippen molar-refractivity contribution in [2.24, 2.45) is 0 Å². The molecule has 2 aromatic heterocycles. The van der Waals surface area contributed by atoms with Crippen LogP contribution in [0.3, 0.4) is 0 Å². The van der Waals surface area contributed by atoms with Crippen LogP contribution >= 0.6 is 11.6 Å². The minimum Gasteiger partial charge on any atom is -0.497 e. The lowest BCUT2D eigenvalue weighted by molar-refractivity contribution is -0.129. The van der Waals surface area contributed by atoms with E-state index in [4.69, 9.17) is 16.3 Å². The van der Waals surface area contributed by atoms with Crippen LogP contribution in [0, 0.1) is 6.92 Å². The highest BCUT2D eigenvalue weighted by Crippen LogP contribution is 2.35. The zero-order chi connectivity index (χ0) is 29.2. The van der Waals surface area contributed by atoms with E-state index >= 15 is 0 Å². The maximum Gasteiger partial charge on any atom is 0.324 e. The average Bonchev–Trinajstić information content (AvgIpc) is 3.27. The number of nitrogens with zero attached hydrogens (tertiary/aromatic N) is 4. The largest absolute Gasteiger partial charge is 0.497 e. The minimum absolute atomic E-state index is 0.0754. The second-order valence-corrected chi connectivity index (χ2v) is 12.1. The Labute approximate surface area is 251 Å². The number of carbonyl (C=O) groups excluding carboxylic acids is 2. The number of hydrogen-bond acceptors (Lipinski definition) is 5. The van der Waals surface area contributed by atoms with Gasteiger partial charge in [-0.15, -0.1) is 0 Å². The van der Waals surface area contributed by atoms with Gasteiger partial charge in [-0.05, 0) is 74.6 Å². The van der Waals surface area contributed by atoms with Gasteiger partial charge in [0, 0.05) is 33.6 Å². The number of fused-ring (bicyclic) bond motifs is 2. The van der Waals surface area contributed by atoms with Gasteiger partial charge in [-0.3, -0.25) is 14.3 Å². The summed E-state index contributed by atoms with van der Waals surface area (Å²) in [6, 6.07) is 11.3. The van der Waals surface area contributed by atoms with Crippen molar-refractivity contribution in [3.05, 3.63) is 59.0 Å². The molecule has 2 saturated carbocycles. The third kappa shape index (κ3) is 5.56. The van der Waals surface area contributed by atoms with Gasteiger partial charge in [-0.2, -0.15) is 0 Å². The van der Waals surface area contributed by atoms with E-state index in [1.165, 1.54) is 12.7 Å². The molecule has 8 nitrogen and oxygen atoms in total. The van der Waals surface area contributed by atoms with Crippen molar-refractivity contribution >= 4 is 45.3 Å². The van der Waals surface area contributed by atoms with Crippen molar-refractivity contribution in [3.8, 4) is 11.6 Å². The predicted molar refractivity (Wildman–Crippen MR) is 165 cm³/mol. The topological polar surface area (TPSA) is 89.4 Å². The lowest BCUT2D eigenvalue weighted by Crippen LogP contribution is -2.53. The second kappa shape index (κ2) is 12.3. The van der Waals surface area contributed by atoms with Crippen LogP contribution in [0.1, 0.15) is 75.5 Å². The van der Waals surface area contributed by atoms with Crippen LogP contribution in [0.5, 0.6) is 5.75 Å². The van der Waals surface area contributed by atoms with E-state index in [1.807, 2.05) is 43.3 Å². The number of aromatic nitrogens is 3. The van der Waals surface area contributed by atoms with Crippen LogP contribution < -0.4 is 10.1 Å². The third-order valence-electron chi connectivity index (χ3n) is 9.02. The van der Waals surface area contributed by atoms with E-state index in [-0.39, 0.29) is 30.4 Å². The summed E-state index contributed by atoms with van der Waals surface area (Å²) in [5, 5.41) is 5.58. The molecule has 2 aliphatic carbocycles. The summed E-state index contributed by atoms with van der Waals surface area (Å²) in [5.41, 5.74) is 3.39. The summed E-state index contributed by atoms with van der Waals surface area (Å²) in [5.74, 6) is 1.24. The van der Waals surface area contributed by atoms with Crippen LogP contribution in [0.15, 0.2) is 42.7 Å². The smallest absolute Gasteiger partial charge is 0.324 e. The summed E-state index contributed by atoms with van der Waals surface area (Å²) in [6.45, 7) is 2.01. The summed E-state index contributed by atoms with van der Waals surface area (Å²) in [6.07, 6.45) is 12.0. The van der Waals surface area contributed by atoms with Gasteiger partial charge in [-0.1, -0.05) is 50.1 Å². The first-order valence-electron chi connectivity index (χ1n) is 15.2. The fourth-order valence-electron chi connectivity index (χ4n) is 6.83. The Bertz CT molecular complexity index is 1620. The zero-order valence-electron chi connectivity index (χ0n) is 24.4. The van der Waals surface area contributed by atoms with E-state index in [2.05, 4.69) is 19.9 Å². The second-order valence-electron chi connectivity index (χ2n) is 11.7. The SMILES string of the molecule is COc1ccc2c(c1)c(CC(=O)N(C(=O)NC1CCCCC1)C1CCCCC1)c(C)n2-c1ncnc2cc(Cl)ccc12. The number of ether oxygens (including phenoxy) is 1. The molecule has 3 amide bonds. The molecular formula is C33H38ClN5O3. The van der Waals surface area contributed by atoms with Crippen molar-refractivity contribution in [2.75, 3.05) is 7.11 Å². The number of hydrogen-bond donors (Lipinski definition) is 1. The number of amides is 3. The Morgan fingerprint density at radius 1 is 0.976 bits per heavy atom. The standard InChI is InChI=1S/C33H38ClN5O3/c1-21-27(19-31(40)39(24-11-7-4-8-12-24)33(41)37-23-9-5-3-6-10-23)28-18-25(42-2)14-16-30(28)38(21)32-26-15-13-22(34)17-29(26)35-20-36-32/h13-18,20,23-24H,3-12,19H2,1-2H3,(H,37,41). The lowest BCUT2D eigenvalue weighted by Gasteiger charge is -2.34. The Hall–Kier alpha value is -3.65. The van der Waals surface area contributed by atoms with Gasteiger partial charge in [0.05, 0.1) is 24.6 Å². The normalized spacial score (nSPS) is 16.5. The molecule has 0 saturated heterocycles. The van der Waals surface area contributed by atoms with E-state index < -0.39 is 0 Å². The fourth-order valence-corrected chi connectivity index (χ4v) is 7.00. The molecule has 0 radical (unpaired) electrons. The number of imide groups is 1. The molecule has 42 heavy (non-hydrogen) atoms. The first-order valence-corrected chi connectivity index (χ1v) is 15.5. The van der Waals surface area contributed by atoms with Gasteiger partial charge in [0.15, 0.2) is 0 Å². The van der Waals surface area contributed by atoms with Crippen molar-refractivity contribution < 1.29 is 14.3 Å². The van der Waals surface area contributed by atoms with E-state index in [0.717, 1.165) is 90.9 Å². The molecule has 6 rings (SSSR count). The fraction of sp³-hybridized carbons (Fsp3) is 0.455. The highest BCUT2D eigenvalue weighted by atomic mass is 35.5. The number of halogens is 1. The molecule has 4 aromatic rings. The molecule has 9 heteroatoms. The Kier molecular flexibility index (Phi) is 8.34. The third-order valence-corrected chi connectivity index (χ3v) is 9.25. The molecule has 2 aromatic carbocycles. The number of urea groups is 1. The molecule has 1 N–H and O–H groups in total. The molecule has 220 valence electrons. The van der Waals surface area contributed by atoms with Gasteiger partial charge >= 0.3 is 6.03 Å². The molecular weight excluding hydrogens is 550 g/mol. The molecule has 2 heterocycles. The number of benzene rings is 2. The molecule has 0 spiro atoms. The number of carbonyl (C=O) groups is 2. The first kappa shape index (κ1) is 28.5. The van der Waals surface area contributed by atoms with E-state index in [0.29, 0.717) is 16.6 Å². The number of methoxy groups -OCH3 is 1. The minimum atomic E-state index is -0.239.